The summed E-state index contributed by atoms with van der Waals surface area (Å²) in [5.41, 5.74) is -0.195. The fraction of sp³-hybridized carbons (Fsp3) is 0.133. The van der Waals surface area contributed by atoms with Gasteiger partial charge in [-0.25, -0.2) is 0 Å². The Labute approximate surface area is 166 Å². The third-order valence-corrected chi connectivity index (χ3v) is 4.07. The number of hydrogen-bond acceptors (Lipinski definition) is 4. The van der Waals surface area contributed by atoms with Crippen molar-refractivity contribution < 1.29 is 14.5 Å². The number of nitro benzene ring substituents is 1. The summed E-state index contributed by atoms with van der Waals surface area (Å²) in [7, 11) is 0. The van der Waals surface area contributed by atoms with Crippen LogP contribution in [-0.2, 0) is 0 Å². The van der Waals surface area contributed by atoms with Crippen LogP contribution in [0.15, 0.2) is 53.0 Å². The molecule has 6 nitrogen and oxygen atoms in total. The summed E-state index contributed by atoms with van der Waals surface area (Å²) in [6.45, 7) is 0. The first-order valence-corrected chi connectivity index (χ1v) is 8.64. The van der Waals surface area contributed by atoms with Crippen LogP contribution in [-0.4, -0.2) is 20.9 Å². The van der Waals surface area contributed by atoms with Crippen LogP contribution < -0.4 is 10.1 Å². The molecule has 0 fully saturated rings. The van der Waals surface area contributed by atoms with Gasteiger partial charge >= 0.3 is 0 Å². The fourth-order valence-electron chi connectivity index (χ4n) is 1.79. The Morgan fingerprint density at radius 3 is 2.40 bits per heavy atom. The van der Waals surface area contributed by atoms with Crippen molar-refractivity contribution in [1.82, 2.24) is 5.32 Å². The molecular weight excluding hydrogens is 458 g/mol. The van der Waals surface area contributed by atoms with Gasteiger partial charge in [0.1, 0.15) is 5.75 Å². The Morgan fingerprint density at radius 2 is 1.84 bits per heavy atom. The van der Waals surface area contributed by atoms with Gasteiger partial charge in [0.2, 0.25) is 10.0 Å². The maximum atomic E-state index is 12.3. The molecular formula is C15H10BrCl3N2O4. The van der Waals surface area contributed by atoms with Crippen LogP contribution in [0.4, 0.5) is 5.69 Å². The molecule has 10 heteroatoms. The summed E-state index contributed by atoms with van der Waals surface area (Å²) in [6.07, 6.45) is -1.31. The minimum absolute atomic E-state index is 0.0351. The molecule has 0 saturated heterocycles. The van der Waals surface area contributed by atoms with Crippen LogP contribution in [0.1, 0.15) is 10.4 Å². The van der Waals surface area contributed by atoms with Crippen molar-refractivity contribution in [3.8, 4) is 5.75 Å². The normalized spacial score (nSPS) is 12.3. The number of non-ortho nitro benzene ring substituents is 1. The number of nitro groups is 1. The SMILES string of the molecule is O=C(N[C@@H](Oc1ccc(Br)cc1)C(Cl)(Cl)Cl)c1cccc([N+](=O)[O-])c1. The Morgan fingerprint density at radius 1 is 1.20 bits per heavy atom. The van der Waals surface area contributed by atoms with Gasteiger partial charge in [-0.2, -0.15) is 0 Å². The molecule has 132 valence electrons. The molecule has 0 aliphatic heterocycles. The van der Waals surface area contributed by atoms with Crippen LogP contribution in [0.2, 0.25) is 0 Å². The Hall–Kier alpha value is -1.54. The molecule has 0 unspecified atom stereocenters. The van der Waals surface area contributed by atoms with Crippen LogP contribution in [0, 0.1) is 10.1 Å². The van der Waals surface area contributed by atoms with Crippen LogP contribution in [0.5, 0.6) is 5.75 Å². The quantitative estimate of drug-likeness (QED) is 0.294. The molecule has 2 aromatic rings. The zero-order valence-corrected chi connectivity index (χ0v) is 16.1. The third kappa shape index (κ3) is 5.74. The summed E-state index contributed by atoms with van der Waals surface area (Å²) in [6, 6.07) is 11.8. The van der Waals surface area contributed by atoms with Gasteiger partial charge in [-0.05, 0) is 30.3 Å². The summed E-state index contributed by atoms with van der Waals surface area (Å²) >= 11 is 20.9. The van der Waals surface area contributed by atoms with Crippen LogP contribution in [0.25, 0.3) is 0 Å². The van der Waals surface area contributed by atoms with Crippen molar-refractivity contribution >= 4 is 62.3 Å². The van der Waals surface area contributed by atoms with E-state index in [1.165, 1.54) is 18.2 Å². The van der Waals surface area contributed by atoms with E-state index in [9.17, 15) is 14.9 Å². The Bertz CT molecular complexity index is 781. The average Bonchev–Trinajstić information content (AvgIpc) is 2.55. The molecule has 0 radical (unpaired) electrons. The molecule has 25 heavy (non-hydrogen) atoms. The van der Waals surface area contributed by atoms with E-state index in [4.69, 9.17) is 39.5 Å². The summed E-state index contributed by atoms with van der Waals surface area (Å²) in [5.74, 6) is -0.323. The highest BCUT2D eigenvalue weighted by molar-refractivity contribution is 9.10. The molecule has 0 bridgehead atoms. The Kier molecular flexibility index (Phi) is 6.51. The van der Waals surface area contributed by atoms with E-state index in [2.05, 4.69) is 21.2 Å². The van der Waals surface area contributed by atoms with Crippen molar-refractivity contribution in [2.75, 3.05) is 0 Å². The maximum absolute atomic E-state index is 12.3. The second-order valence-corrected chi connectivity index (χ2v) is 8.06. The number of halogens is 4. The second-order valence-electron chi connectivity index (χ2n) is 4.77. The second kappa shape index (κ2) is 8.23. The lowest BCUT2D eigenvalue weighted by atomic mass is 10.2. The number of benzene rings is 2. The zero-order chi connectivity index (χ0) is 18.6. The molecule has 0 spiro atoms. The van der Waals surface area contributed by atoms with Gasteiger partial charge in [-0.15, -0.1) is 0 Å². The van der Waals surface area contributed by atoms with Crippen molar-refractivity contribution in [2.45, 2.75) is 10.0 Å². The van der Waals surface area contributed by atoms with E-state index in [-0.39, 0.29) is 11.3 Å². The fourth-order valence-corrected chi connectivity index (χ4v) is 2.35. The third-order valence-electron chi connectivity index (χ3n) is 2.95. The first-order chi connectivity index (χ1) is 11.7. The molecule has 0 saturated carbocycles. The molecule has 1 amide bonds. The largest absolute Gasteiger partial charge is 0.466 e. The highest BCUT2D eigenvalue weighted by Crippen LogP contribution is 2.32. The topological polar surface area (TPSA) is 81.5 Å². The van der Waals surface area contributed by atoms with E-state index in [0.717, 1.165) is 10.5 Å². The van der Waals surface area contributed by atoms with E-state index in [1.54, 1.807) is 24.3 Å². The van der Waals surface area contributed by atoms with E-state index in [0.29, 0.717) is 5.75 Å². The van der Waals surface area contributed by atoms with E-state index < -0.39 is 20.9 Å². The number of ether oxygens (including phenoxy) is 1. The molecule has 1 atom stereocenters. The summed E-state index contributed by atoms with van der Waals surface area (Å²) < 4.78 is 4.38. The lowest BCUT2D eigenvalue weighted by Gasteiger charge is -2.26. The molecule has 2 rings (SSSR count). The highest BCUT2D eigenvalue weighted by Gasteiger charge is 2.36. The van der Waals surface area contributed by atoms with E-state index >= 15 is 0 Å². The predicted molar refractivity (Wildman–Crippen MR) is 99.4 cm³/mol. The number of carbonyl (C=O) groups is 1. The molecule has 0 heterocycles. The Balaban J connectivity index is 2.19. The van der Waals surface area contributed by atoms with Crippen molar-refractivity contribution in [1.29, 1.82) is 0 Å². The van der Waals surface area contributed by atoms with Crippen molar-refractivity contribution in [3.05, 3.63) is 68.7 Å². The smallest absolute Gasteiger partial charge is 0.270 e. The number of hydrogen-bond donors (Lipinski definition) is 1. The lowest BCUT2D eigenvalue weighted by molar-refractivity contribution is -0.384. The number of rotatable bonds is 5. The highest BCUT2D eigenvalue weighted by atomic mass is 79.9. The number of nitrogens with zero attached hydrogens (tertiary/aromatic N) is 1. The van der Waals surface area contributed by atoms with Gasteiger partial charge in [0.05, 0.1) is 4.92 Å². The van der Waals surface area contributed by atoms with Crippen LogP contribution >= 0.6 is 50.7 Å². The standard InChI is InChI=1S/C15H10BrCl3N2O4/c16-10-4-6-12(7-5-10)25-14(15(17,18)19)20-13(22)9-2-1-3-11(8-9)21(23)24/h1-8,14H,(H,20,22)/t14-/m0/s1. The predicted octanol–water partition coefficient (Wildman–Crippen LogP) is 4.86. The number of amides is 1. The lowest BCUT2D eigenvalue weighted by Crippen LogP contribution is -2.47. The van der Waals surface area contributed by atoms with Gasteiger partial charge in [0.25, 0.3) is 11.6 Å². The average molecular weight is 469 g/mol. The van der Waals surface area contributed by atoms with Gasteiger partial charge in [0, 0.05) is 22.2 Å². The van der Waals surface area contributed by atoms with Crippen molar-refractivity contribution in [2.24, 2.45) is 0 Å². The molecule has 2 aromatic carbocycles. The molecule has 0 aromatic heterocycles. The first-order valence-electron chi connectivity index (χ1n) is 6.71. The van der Waals surface area contributed by atoms with Gasteiger partial charge in [-0.1, -0.05) is 56.8 Å². The monoisotopic (exact) mass is 466 g/mol. The summed E-state index contributed by atoms with van der Waals surface area (Å²) in [4.78, 5) is 22.5. The van der Waals surface area contributed by atoms with Crippen molar-refractivity contribution in [3.63, 3.8) is 0 Å². The minimum Gasteiger partial charge on any atom is -0.466 e. The molecule has 0 aliphatic rings. The zero-order valence-electron chi connectivity index (χ0n) is 12.3. The van der Waals surface area contributed by atoms with Gasteiger partial charge in [0.15, 0.2) is 0 Å². The number of carbonyl (C=O) groups excluding carboxylic acids is 1. The molecule has 0 aliphatic carbocycles. The number of nitrogens with one attached hydrogen (secondary N) is 1. The van der Waals surface area contributed by atoms with Gasteiger partial charge in [-0.3, -0.25) is 14.9 Å². The van der Waals surface area contributed by atoms with E-state index in [1.807, 2.05) is 0 Å². The minimum atomic E-state index is -1.97. The first kappa shape index (κ1) is 19.8. The summed E-state index contributed by atoms with van der Waals surface area (Å²) in [5, 5.41) is 13.2. The van der Waals surface area contributed by atoms with Gasteiger partial charge < -0.3 is 10.1 Å². The molecule has 1 N–H and O–H groups in total. The number of alkyl halides is 3. The van der Waals surface area contributed by atoms with Crippen LogP contribution in [0.3, 0.4) is 0 Å². The maximum Gasteiger partial charge on any atom is 0.270 e.